The lowest BCUT2D eigenvalue weighted by atomic mass is 10.1. The number of carbonyl (C=O) groups is 1. The van der Waals surface area contributed by atoms with Gasteiger partial charge in [0.25, 0.3) is 0 Å². The fourth-order valence-corrected chi connectivity index (χ4v) is 3.30. The number of benzene rings is 2. The van der Waals surface area contributed by atoms with Crippen LogP contribution in [-0.4, -0.2) is 56.7 Å². The van der Waals surface area contributed by atoms with E-state index in [2.05, 4.69) is 15.5 Å². The second-order valence-corrected chi connectivity index (χ2v) is 7.14. The van der Waals surface area contributed by atoms with Crippen LogP contribution in [-0.2, 0) is 0 Å². The SMILES string of the molecule is CCC(=O)c1ccc(OCC(O)CSc2nnnn2-c2ccc(OC)cc2)cc1. The first-order chi connectivity index (χ1) is 14.1. The number of hydrogen-bond acceptors (Lipinski definition) is 8. The van der Waals surface area contributed by atoms with Crippen molar-refractivity contribution < 1.29 is 19.4 Å². The maximum absolute atomic E-state index is 11.6. The Morgan fingerprint density at radius 1 is 1.14 bits per heavy atom. The molecular weight excluding hydrogens is 392 g/mol. The Bertz CT molecular complexity index is 928. The van der Waals surface area contributed by atoms with Crippen molar-refractivity contribution in [2.75, 3.05) is 19.5 Å². The van der Waals surface area contributed by atoms with Crippen molar-refractivity contribution in [3.63, 3.8) is 0 Å². The summed E-state index contributed by atoms with van der Waals surface area (Å²) in [6.45, 7) is 1.95. The third-order valence-corrected chi connectivity index (χ3v) is 5.17. The van der Waals surface area contributed by atoms with Gasteiger partial charge in [-0.05, 0) is 59.0 Å². The standard InChI is InChI=1S/C20H22N4O4S/c1-3-19(26)14-4-8-18(9-5-14)28-12-16(25)13-29-20-21-22-23-24(20)15-6-10-17(27-2)11-7-15/h4-11,16,25H,3,12-13H2,1-2H3. The predicted octanol–water partition coefficient (Wildman–Crippen LogP) is 2.80. The van der Waals surface area contributed by atoms with Gasteiger partial charge in [-0.2, -0.15) is 4.68 Å². The third kappa shape index (κ3) is 5.55. The van der Waals surface area contributed by atoms with Gasteiger partial charge in [0.05, 0.1) is 18.9 Å². The van der Waals surface area contributed by atoms with Crippen molar-refractivity contribution in [3.05, 3.63) is 54.1 Å². The highest BCUT2D eigenvalue weighted by Gasteiger charge is 2.13. The number of methoxy groups -OCH3 is 1. The average Bonchev–Trinajstić information content (AvgIpc) is 3.24. The van der Waals surface area contributed by atoms with Crippen LogP contribution >= 0.6 is 11.8 Å². The second-order valence-electron chi connectivity index (χ2n) is 6.15. The number of thioether (sulfide) groups is 1. The maximum atomic E-state index is 11.6. The zero-order chi connectivity index (χ0) is 20.6. The van der Waals surface area contributed by atoms with Crippen LogP contribution in [0.3, 0.4) is 0 Å². The molecule has 8 nitrogen and oxygen atoms in total. The molecule has 1 heterocycles. The van der Waals surface area contributed by atoms with E-state index in [0.717, 1.165) is 11.4 Å². The van der Waals surface area contributed by atoms with Crippen LogP contribution in [0.5, 0.6) is 11.5 Å². The molecule has 0 bridgehead atoms. The summed E-state index contributed by atoms with van der Waals surface area (Å²) in [5.74, 6) is 1.80. The number of carbonyl (C=O) groups excluding carboxylic acids is 1. The zero-order valence-electron chi connectivity index (χ0n) is 16.2. The van der Waals surface area contributed by atoms with Gasteiger partial charge in [0.2, 0.25) is 5.16 Å². The summed E-state index contributed by atoms with van der Waals surface area (Å²) in [5, 5.41) is 22.5. The summed E-state index contributed by atoms with van der Waals surface area (Å²) in [7, 11) is 1.61. The van der Waals surface area contributed by atoms with Crippen LogP contribution < -0.4 is 9.47 Å². The van der Waals surface area contributed by atoms with E-state index in [1.54, 1.807) is 36.1 Å². The topological polar surface area (TPSA) is 99.4 Å². The van der Waals surface area contributed by atoms with E-state index >= 15 is 0 Å². The number of hydrogen-bond donors (Lipinski definition) is 1. The fraction of sp³-hybridized carbons (Fsp3) is 0.300. The molecule has 0 radical (unpaired) electrons. The molecular formula is C20H22N4O4S. The summed E-state index contributed by atoms with van der Waals surface area (Å²) in [6.07, 6.45) is -0.246. The van der Waals surface area contributed by atoms with E-state index in [-0.39, 0.29) is 12.4 Å². The fourth-order valence-electron chi connectivity index (χ4n) is 2.51. The van der Waals surface area contributed by atoms with Gasteiger partial charge >= 0.3 is 0 Å². The molecule has 0 aliphatic carbocycles. The Morgan fingerprint density at radius 2 is 1.83 bits per heavy atom. The smallest absolute Gasteiger partial charge is 0.214 e. The molecule has 0 aliphatic heterocycles. The lowest BCUT2D eigenvalue weighted by Crippen LogP contribution is -2.20. The van der Waals surface area contributed by atoms with E-state index in [4.69, 9.17) is 9.47 Å². The number of aromatic nitrogens is 4. The Labute approximate surface area is 172 Å². The van der Waals surface area contributed by atoms with Crippen LogP contribution in [0, 0.1) is 0 Å². The second kappa shape index (κ2) is 10.0. The Hall–Kier alpha value is -2.91. The number of aliphatic hydroxyl groups excluding tert-OH is 1. The van der Waals surface area contributed by atoms with Crippen LogP contribution in [0.25, 0.3) is 5.69 Å². The van der Waals surface area contributed by atoms with Crippen molar-refractivity contribution in [2.24, 2.45) is 0 Å². The average molecular weight is 414 g/mol. The Balaban J connectivity index is 1.51. The molecule has 0 saturated carbocycles. The summed E-state index contributed by atoms with van der Waals surface area (Å²) >= 11 is 1.33. The van der Waals surface area contributed by atoms with Gasteiger partial charge in [-0.1, -0.05) is 18.7 Å². The lowest BCUT2D eigenvalue weighted by molar-refractivity contribution is 0.0987. The molecule has 9 heteroatoms. The number of Topliss-reactive ketones (excluding diaryl/α,β-unsaturated/α-hetero) is 1. The lowest BCUT2D eigenvalue weighted by Gasteiger charge is -2.12. The monoisotopic (exact) mass is 414 g/mol. The van der Waals surface area contributed by atoms with Gasteiger partial charge in [0, 0.05) is 17.7 Å². The molecule has 0 aliphatic rings. The minimum Gasteiger partial charge on any atom is -0.497 e. The van der Waals surface area contributed by atoms with E-state index < -0.39 is 6.10 Å². The highest BCUT2D eigenvalue weighted by Crippen LogP contribution is 2.21. The highest BCUT2D eigenvalue weighted by atomic mass is 32.2. The van der Waals surface area contributed by atoms with Gasteiger partial charge in [0.15, 0.2) is 5.78 Å². The number of tetrazole rings is 1. The minimum atomic E-state index is -0.710. The maximum Gasteiger partial charge on any atom is 0.214 e. The number of ketones is 1. The zero-order valence-corrected chi connectivity index (χ0v) is 17.0. The minimum absolute atomic E-state index is 0.0857. The quantitative estimate of drug-likeness (QED) is 0.399. The third-order valence-electron chi connectivity index (χ3n) is 4.10. The molecule has 0 saturated heterocycles. The predicted molar refractivity (Wildman–Crippen MR) is 109 cm³/mol. The molecule has 1 atom stereocenters. The van der Waals surface area contributed by atoms with Gasteiger partial charge in [-0.15, -0.1) is 5.10 Å². The van der Waals surface area contributed by atoms with Crippen LogP contribution in [0.1, 0.15) is 23.7 Å². The molecule has 0 amide bonds. The normalized spacial score (nSPS) is 11.8. The summed E-state index contributed by atoms with van der Waals surface area (Å²) in [5.41, 5.74) is 1.45. The van der Waals surface area contributed by atoms with E-state index in [1.165, 1.54) is 11.8 Å². The molecule has 1 N–H and O–H groups in total. The van der Waals surface area contributed by atoms with Gasteiger partial charge < -0.3 is 14.6 Å². The summed E-state index contributed by atoms with van der Waals surface area (Å²) in [6, 6.07) is 14.3. The van der Waals surface area contributed by atoms with Crippen molar-refractivity contribution in [2.45, 2.75) is 24.6 Å². The summed E-state index contributed by atoms with van der Waals surface area (Å²) in [4.78, 5) is 11.6. The number of nitrogens with zero attached hydrogens (tertiary/aromatic N) is 4. The first-order valence-corrected chi connectivity index (χ1v) is 10.1. The largest absolute Gasteiger partial charge is 0.497 e. The molecule has 0 spiro atoms. The van der Waals surface area contributed by atoms with Crippen molar-refractivity contribution in [1.82, 2.24) is 20.2 Å². The van der Waals surface area contributed by atoms with E-state index in [1.807, 2.05) is 31.2 Å². The van der Waals surface area contributed by atoms with Gasteiger partial charge in [-0.25, -0.2) is 0 Å². The van der Waals surface area contributed by atoms with Crippen LogP contribution in [0.2, 0.25) is 0 Å². The Kier molecular flexibility index (Phi) is 7.20. The number of ether oxygens (including phenoxy) is 2. The summed E-state index contributed by atoms with van der Waals surface area (Å²) < 4.78 is 12.4. The van der Waals surface area contributed by atoms with Crippen molar-refractivity contribution in [1.29, 1.82) is 0 Å². The number of aliphatic hydroxyl groups is 1. The van der Waals surface area contributed by atoms with E-state index in [0.29, 0.717) is 28.6 Å². The highest BCUT2D eigenvalue weighted by molar-refractivity contribution is 7.99. The first kappa shape index (κ1) is 20.8. The van der Waals surface area contributed by atoms with Crippen LogP contribution in [0.4, 0.5) is 0 Å². The number of rotatable bonds is 10. The first-order valence-electron chi connectivity index (χ1n) is 9.10. The van der Waals surface area contributed by atoms with Crippen LogP contribution in [0.15, 0.2) is 53.7 Å². The van der Waals surface area contributed by atoms with E-state index in [9.17, 15) is 9.90 Å². The Morgan fingerprint density at radius 3 is 2.48 bits per heavy atom. The molecule has 1 unspecified atom stereocenters. The molecule has 29 heavy (non-hydrogen) atoms. The van der Waals surface area contributed by atoms with Gasteiger partial charge in [-0.3, -0.25) is 4.79 Å². The van der Waals surface area contributed by atoms with Crippen molar-refractivity contribution >= 4 is 17.5 Å². The molecule has 152 valence electrons. The molecule has 0 fully saturated rings. The molecule has 3 aromatic rings. The molecule has 2 aromatic carbocycles. The van der Waals surface area contributed by atoms with Gasteiger partial charge in [0.1, 0.15) is 18.1 Å². The molecule has 1 aromatic heterocycles. The molecule has 3 rings (SSSR count). The van der Waals surface area contributed by atoms with Crippen molar-refractivity contribution in [3.8, 4) is 17.2 Å².